The van der Waals surface area contributed by atoms with E-state index in [0.29, 0.717) is 21.7 Å². The molecule has 0 saturated carbocycles. The Morgan fingerprint density at radius 2 is 2.15 bits per heavy atom. The predicted octanol–water partition coefficient (Wildman–Crippen LogP) is 2.85. The normalized spacial score (nSPS) is 11.1. The molecule has 0 aliphatic carbocycles. The quantitative estimate of drug-likeness (QED) is 0.756. The molecule has 0 aliphatic heterocycles. The van der Waals surface area contributed by atoms with Gasteiger partial charge in [0.25, 0.3) is 11.3 Å². The topological polar surface area (TPSA) is 63.1 Å². The van der Waals surface area contributed by atoms with E-state index >= 15 is 0 Å². The van der Waals surface area contributed by atoms with Crippen molar-refractivity contribution in [2.45, 2.75) is 12.1 Å². The van der Waals surface area contributed by atoms with Gasteiger partial charge in [0.15, 0.2) is 5.16 Å². The van der Waals surface area contributed by atoms with Gasteiger partial charge in [-0.25, -0.2) is 4.98 Å². The molecule has 1 aromatic carbocycles. The zero-order valence-corrected chi connectivity index (χ0v) is 12.2. The second-order valence-corrected chi connectivity index (χ2v) is 5.72. The predicted molar refractivity (Wildman–Crippen MR) is 80.5 cm³/mol. The molecule has 0 fully saturated rings. The Labute approximate surface area is 124 Å². The summed E-state index contributed by atoms with van der Waals surface area (Å²) in [6, 6.07) is 8.74. The summed E-state index contributed by atoms with van der Waals surface area (Å²) in [5.41, 5.74) is 1.04. The molecular formula is C13H11ClN4OS. The standard InChI is InChI=1S/C13H11ClN4OS/c1-2-20-13-16-12-15-10(7-11(19)18(12)17-13)8-5-3-4-6-9(8)14/h3-7H,2H2,1H3,(H,15,16,17). The first kappa shape index (κ1) is 13.2. The number of thioether (sulfide) groups is 1. The van der Waals surface area contributed by atoms with Crippen LogP contribution >= 0.6 is 23.4 Å². The monoisotopic (exact) mass is 306 g/mol. The highest BCUT2D eigenvalue weighted by Crippen LogP contribution is 2.25. The smallest absolute Gasteiger partial charge is 0.267 e. The van der Waals surface area contributed by atoms with Gasteiger partial charge in [0, 0.05) is 16.7 Å². The van der Waals surface area contributed by atoms with Gasteiger partial charge in [0.1, 0.15) is 0 Å². The summed E-state index contributed by atoms with van der Waals surface area (Å²) in [5, 5.41) is 4.15. The minimum Gasteiger partial charge on any atom is -0.267 e. The van der Waals surface area contributed by atoms with Crippen LogP contribution < -0.4 is 5.56 Å². The Morgan fingerprint density at radius 3 is 2.90 bits per heavy atom. The first-order valence-electron chi connectivity index (χ1n) is 6.06. The highest BCUT2D eigenvalue weighted by molar-refractivity contribution is 7.99. The van der Waals surface area contributed by atoms with E-state index in [0.717, 1.165) is 11.3 Å². The zero-order chi connectivity index (χ0) is 14.1. The van der Waals surface area contributed by atoms with Crippen molar-refractivity contribution in [1.29, 1.82) is 0 Å². The van der Waals surface area contributed by atoms with E-state index in [2.05, 4.69) is 15.1 Å². The van der Waals surface area contributed by atoms with Crippen LogP contribution in [-0.4, -0.2) is 25.3 Å². The highest BCUT2D eigenvalue weighted by Gasteiger charge is 2.11. The molecule has 2 heterocycles. The molecule has 5 nitrogen and oxygen atoms in total. The molecule has 0 radical (unpaired) electrons. The van der Waals surface area contributed by atoms with Crippen LogP contribution in [0.2, 0.25) is 5.02 Å². The highest BCUT2D eigenvalue weighted by atomic mass is 35.5. The van der Waals surface area contributed by atoms with Crippen molar-refractivity contribution >= 4 is 29.1 Å². The maximum Gasteiger partial charge on any atom is 0.274 e. The first-order chi connectivity index (χ1) is 9.69. The van der Waals surface area contributed by atoms with Crippen LogP contribution in [0.1, 0.15) is 6.92 Å². The lowest BCUT2D eigenvalue weighted by Gasteiger charge is -2.02. The number of fused-ring (bicyclic) bond motifs is 1. The van der Waals surface area contributed by atoms with Crippen molar-refractivity contribution < 1.29 is 0 Å². The van der Waals surface area contributed by atoms with Gasteiger partial charge < -0.3 is 0 Å². The Balaban J connectivity index is 2.19. The molecule has 1 N–H and O–H groups in total. The first-order valence-corrected chi connectivity index (χ1v) is 7.43. The molecule has 0 aliphatic rings. The van der Waals surface area contributed by atoms with Crippen LogP contribution in [0.25, 0.3) is 17.0 Å². The van der Waals surface area contributed by atoms with Crippen molar-refractivity contribution in [3.8, 4) is 11.3 Å². The van der Waals surface area contributed by atoms with E-state index in [1.54, 1.807) is 6.07 Å². The van der Waals surface area contributed by atoms with Crippen molar-refractivity contribution in [1.82, 2.24) is 19.6 Å². The van der Waals surface area contributed by atoms with Gasteiger partial charge in [-0.2, -0.15) is 9.50 Å². The minimum atomic E-state index is -0.208. The van der Waals surface area contributed by atoms with E-state index in [1.807, 2.05) is 25.1 Å². The number of hydrogen-bond donors (Lipinski definition) is 1. The van der Waals surface area contributed by atoms with Gasteiger partial charge >= 0.3 is 0 Å². The summed E-state index contributed by atoms with van der Waals surface area (Å²) in [7, 11) is 0. The van der Waals surface area contributed by atoms with Gasteiger partial charge in [-0.1, -0.05) is 48.5 Å². The molecule has 7 heteroatoms. The Bertz CT molecular complexity index is 827. The van der Waals surface area contributed by atoms with Gasteiger partial charge in [0.2, 0.25) is 0 Å². The molecule has 0 bridgehead atoms. The number of aromatic nitrogens is 4. The molecule has 3 aromatic rings. The Morgan fingerprint density at radius 1 is 1.35 bits per heavy atom. The van der Waals surface area contributed by atoms with E-state index in [-0.39, 0.29) is 5.56 Å². The summed E-state index contributed by atoms with van der Waals surface area (Å²) in [6.07, 6.45) is 0. The largest absolute Gasteiger partial charge is 0.274 e. The molecule has 0 unspecified atom stereocenters. The van der Waals surface area contributed by atoms with Gasteiger partial charge in [-0.15, -0.1) is 0 Å². The van der Waals surface area contributed by atoms with E-state index < -0.39 is 0 Å². The SMILES string of the molecule is CCSc1nc2nc(-c3ccccc3Cl)cc(=O)n2[nH]1. The third kappa shape index (κ3) is 2.32. The Kier molecular flexibility index (Phi) is 3.50. The second-order valence-electron chi connectivity index (χ2n) is 4.06. The molecule has 102 valence electrons. The average Bonchev–Trinajstić information content (AvgIpc) is 2.83. The summed E-state index contributed by atoms with van der Waals surface area (Å²) in [5.74, 6) is 1.22. The van der Waals surface area contributed by atoms with Crippen LogP contribution in [0.3, 0.4) is 0 Å². The lowest BCUT2D eigenvalue weighted by Crippen LogP contribution is -2.14. The van der Waals surface area contributed by atoms with Crippen LogP contribution in [0, 0.1) is 0 Å². The fourth-order valence-corrected chi connectivity index (χ4v) is 2.68. The fourth-order valence-electron chi connectivity index (χ4n) is 1.87. The van der Waals surface area contributed by atoms with Crippen molar-refractivity contribution in [3.63, 3.8) is 0 Å². The van der Waals surface area contributed by atoms with Crippen molar-refractivity contribution in [2.24, 2.45) is 0 Å². The number of benzene rings is 1. The minimum absolute atomic E-state index is 0.208. The van der Waals surface area contributed by atoms with Crippen LogP contribution in [0.4, 0.5) is 0 Å². The summed E-state index contributed by atoms with van der Waals surface area (Å²) < 4.78 is 1.33. The number of H-pyrrole nitrogens is 1. The number of aromatic amines is 1. The van der Waals surface area contributed by atoms with Gasteiger partial charge in [-0.05, 0) is 11.8 Å². The second kappa shape index (κ2) is 5.30. The number of hydrogen-bond acceptors (Lipinski definition) is 4. The Hall–Kier alpha value is -1.79. The van der Waals surface area contributed by atoms with Crippen molar-refractivity contribution in [3.05, 3.63) is 45.7 Å². The lowest BCUT2D eigenvalue weighted by molar-refractivity contribution is 0.851. The van der Waals surface area contributed by atoms with Gasteiger partial charge in [0.05, 0.1) is 5.69 Å². The molecule has 0 amide bonds. The van der Waals surface area contributed by atoms with Gasteiger partial charge in [-0.3, -0.25) is 9.89 Å². The molecule has 20 heavy (non-hydrogen) atoms. The number of halogens is 1. The van der Waals surface area contributed by atoms with E-state index in [9.17, 15) is 4.79 Å². The molecular weight excluding hydrogens is 296 g/mol. The molecule has 0 atom stereocenters. The van der Waals surface area contributed by atoms with Crippen LogP contribution in [0.5, 0.6) is 0 Å². The van der Waals surface area contributed by atoms with Crippen LogP contribution in [0.15, 0.2) is 40.3 Å². The zero-order valence-electron chi connectivity index (χ0n) is 10.6. The van der Waals surface area contributed by atoms with Crippen molar-refractivity contribution in [2.75, 3.05) is 5.75 Å². The number of nitrogens with one attached hydrogen (secondary N) is 1. The lowest BCUT2D eigenvalue weighted by atomic mass is 10.1. The van der Waals surface area contributed by atoms with E-state index in [1.165, 1.54) is 22.3 Å². The molecule has 0 spiro atoms. The van der Waals surface area contributed by atoms with Crippen LogP contribution in [-0.2, 0) is 0 Å². The average molecular weight is 307 g/mol. The summed E-state index contributed by atoms with van der Waals surface area (Å²) in [4.78, 5) is 20.8. The molecule has 0 saturated heterocycles. The fraction of sp³-hybridized carbons (Fsp3) is 0.154. The summed E-state index contributed by atoms with van der Waals surface area (Å²) in [6.45, 7) is 2.02. The third-order valence-corrected chi connectivity index (χ3v) is 3.82. The van der Waals surface area contributed by atoms with E-state index in [4.69, 9.17) is 11.6 Å². The summed E-state index contributed by atoms with van der Waals surface area (Å²) >= 11 is 7.66. The molecule has 2 aromatic heterocycles. The number of rotatable bonds is 3. The third-order valence-electron chi connectivity index (χ3n) is 2.74. The maximum atomic E-state index is 12.1. The number of nitrogens with zero attached hydrogens (tertiary/aromatic N) is 3. The molecule has 3 rings (SSSR count). The maximum absolute atomic E-state index is 12.1.